The van der Waals surface area contributed by atoms with Gasteiger partial charge in [0.15, 0.2) is 17.8 Å². The number of carbonyl (C=O) groups is 1. The summed E-state index contributed by atoms with van der Waals surface area (Å²) in [5.41, 5.74) is 0.335. The number of aryl methyl sites for hydroxylation is 2. The molecule has 1 aliphatic rings. The van der Waals surface area contributed by atoms with Crippen molar-refractivity contribution in [2.24, 2.45) is 7.05 Å². The zero-order chi connectivity index (χ0) is 14.8. The second kappa shape index (κ2) is 5.59. The van der Waals surface area contributed by atoms with E-state index in [0.717, 1.165) is 25.0 Å². The highest BCUT2D eigenvalue weighted by atomic mass is 16.5. The maximum Gasteiger partial charge on any atom is 0.273 e. The van der Waals surface area contributed by atoms with Gasteiger partial charge in [-0.1, -0.05) is 0 Å². The molecule has 0 unspecified atom stereocenters. The van der Waals surface area contributed by atoms with E-state index in [9.17, 15) is 4.79 Å². The minimum absolute atomic E-state index is 0.0196. The molecule has 0 aliphatic heterocycles. The average molecular weight is 290 g/mol. The van der Waals surface area contributed by atoms with Crippen LogP contribution in [0.4, 0.5) is 0 Å². The predicted molar refractivity (Wildman–Crippen MR) is 74.0 cm³/mol. The summed E-state index contributed by atoms with van der Waals surface area (Å²) >= 11 is 0. The van der Waals surface area contributed by atoms with Crippen LogP contribution in [-0.4, -0.2) is 32.8 Å². The van der Waals surface area contributed by atoms with E-state index < -0.39 is 0 Å². The van der Waals surface area contributed by atoms with Gasteiger partial charge in [0.25, 0.3) is 5.91 Å². The lowest BCUT2D eigenvalue weighted by molar-refractivity contribution is 0.0888. The summed E-state index contributed by atoms with van der Waals surface area (Å²) in [5.74, 6) is 1.03. The van der Waals surface area contributed by atoms with E-state index in [1.165, 1.54) is 6.39 Å². The van der Waals surface area contributed by atoms with E-state index in [2.05, 4.69) is 15.4 Å². The first-order chi connectivity index (χ1) is 10.1. The Morgan fingerprint density at radius 1 is 1.52 bits per heavy atom. The largest absolute Gasteiger partial charge is 0.485 e. The molecular formula is C14H18N4O3. The zero-order valence-corrected chi connectivity index (χ0v) is 12.1. The van der Waals surface area contributed by atoms with Crippen molar-refractivity contribution in [1.82, 2.24) is 20.1 Å². The molecule has 1 amide bonds. The fourth-order valence-electron chi connectivity index (χ4n) is 2.63. The fraction of sp³-hybridized carbons (Fsp3) is 0.500. The number of amides is 1. The fourth-order valence-corrected chi connectivity index (χ4v) is 2.63. The molecule has 1 N–H and O–H groups in total. The molecular weight excluding hydrogens is 272 g/mol. The minimum atomic E-state index is -0.215. The van der Waals surface area contributed by atoms with Gasteiger partial charge in [-0.05, 0) is 26.2 Å². The van der Waals surface area contributed by atoms with Crippen molar-refractivity contribution in [3.05, 3.63) is 30.2 Å². The van der Waals surface area contributed by atoms with Gasteiger partial charge in [-0.15, -0.1) is 0 Å². The van der Waals surface area contributed by atoms with Gasteiger partial charge in [0.2, 0.25) is 0 Å². The Morgan fingerprint density at radius 2 is 2.38 bits per heavy atom. The van der Waals surface area contributed by atoms with Crippen LogP contribution in [0.3, 0.4) is 0 Å². The Hall–Kier alpha value is -2.31. The van der Waals surface area contributed by atoms with Crippen molar-refractivity contribution in [3.63, 3.8) is 0 Å². The Balaban J connectivity index is 1.64. The summed E-state index contributed by atoms with van der Waals surface area (Å²) < 4.78 is 12.7. The van der Waals surface area contributed by atoms with Gasteiger partial charge in [-0.3, -0.25) is 9.48 Å². The molecule has 3 rings (SSSR count). The van der Waals surface area contributed by atoms with Crippen molar-refractivity contribution in [2.75, 3.05) is 0 Å². The van der Waals surface area contributed by atoms with E-state index in [-0.39, 0.29) is 18.1 Å². The number of nitrogens with zero attached hydrogens (tertiary/aromatic N) is 3. The van der Waals surface area contributed by atoms with Gasteiger partial charge >= 0.3 is 0 Å². The van der Waals surface area contributed by atoms with Crippen LogP contribution < -0.4 is 10.1 Å². The number of rotatable bonds is 4. The van der Waals surface area contributed by atoms with Crippen LogP contribution in [0.15, 0.2) is 23.2 Å². The predicted octanol–water partition coefficient (Wildman–Crippen LogP) is 1.45. The van der Waals surface area contributed by atoms with Gasteiger partial charge in [0.05, 0.1) is 18.4 Å². The average Bonchev–Trinajstić information content (AvgIpc) is 3.14. The van der Waals surface area contributed by atoms with Crippen molar-refractivity contribution >= 4 is 5.91 Å². The van der Waals surface area contributed by atoms with Crippen molar-refractivity contribution < 1.29 is 13.9 Å². The molecule has 21 heavy (non-hydrogen) atoms. The van der Waals surface area contributed by atoms with E-state index in [1.54, 1.807) is 17.8 Å². The van der Waals surface area contributed by atoms with Gasteiger partial charge in [-0.25, -0.2) is 4.98 Å². The summed E-state index contributed by atoms with van der Waals surface area (Å²) in [6.45, 7) is 1.72. The van der Waals surface area contributed by atoms with Gasteiger partial charge < -0.3 is 14.5 Å². The molecule has 1 saturated carbocycles. The molecule has 1 aliphatic carbocycles. The van der Waals surface area contributed by atoms with Crippen LogP contribution >= 0.6 is 0 Å². The smallest absolute Gasteiger partial charge is 0.273 e. The standard InChI is InChI=1S/C14H18N4O3/c1-9-13(15-8-20-9)14(19)17-11-4-3-5-12(11)21-10-6-16-18(2)7-10/h6-8,11-12H,3-5H2,1-2H3,(H,17,19)/t11-,12+/m0/s1. The first-order valence-electron chi connectivity index (χ1n) is 7.00. The third-order valence-corrected chi connectivity index (χ3v) is 3.70. The lowest BCUT2D eigenvalue weighted by Crippen LogP contribution is -2.42. The quantitative estimate of drug-likeness (QED) is 0.921. The SMILES string of the molecule is Cc1ocnc1C(=O)N[C@H]1CCC[C@H]1Oc1cnn(C)c1. The first kappa shape index (κ1) is 13.7. The van der Waals surface area contributed by atoms with Crippen molar-refractivity contribution in [2.45, 2.75) is 38.3 Å². The molecule has 0 saturated heterocycles. The molecule has 2 aromatic rings. The number of hydrogen-bond acceptors (Lipinski definition) is 5. The molecule has 2 atom stereocenters. The second-order valence-electron chi connectivity index (χ2n) is 5.27. The molecule has 0 spiro atoms. The number of oxazole rings is 1. The molecule has 2 aromatic heterocycles. The number of aromatic nitrogens is 3. The molecule has 2 heterocycles. The molecule has 0 radical (unpaired) electrons. The van der Waals surface area contributed by atoms with Crippen molar-refractivity contribution in [1.29, 1.82) is 0 Å². The summed E-state index contributed by atoms with van der Waals surface area (Å²) in [6.07, 6.45) is 7.57. The van der Waals surface area contributed by atoms with Crippen LogP contribution in [-0.2, 0) is 7.05 Å². The Bertz CT molecular complexity index is 634. The van der Waals surface area contributed by atoms with Crippen LogP contribution in [0.25, 0.3) is 0 Å². The van der Waals surface area contributed by atoms with Crippen LogP contribution in [0.5, 0.6) is 5.75 Å². The van der Waals surface area contributed by atoms with Crippen LogP contribution in [0.1, 0.15) is 35.5 Å². The van der Waals surface area contributed by atoms with E-state index in [1.807, 2.05) is 13.2 Å². The van der Waals surface area contributed by atoms with Gasteiger partial charge in [0.1, 0.15) is 11.9 Å². The summed E-state index contributed by atoms with van der Waals surface area (Å²) in [6, 6.07) is -0.0196. The Kier molecular flexibility index (Phi) is 3.64. The highest BCUT2D eigenvalue weighted by Gasteiger charge is 2.31. The highest BCUT2D eigenvalue weighted by molar-refractivity contribution is 5.93. The third kappa shape index (κ3) is 2.91. The van der Waals surface area contributed by atoms with Crippen molar-refractivity contribution in [3.8, 4) is 5.75 Å². The van der Waals surface area contributed by atoms with E-state index in [0.29, 0.717) is 11.5 Å². The van der Waals surface area contributed by atoms with E-state index in [4.69, 9.17) is 9.15 Å². The lowest BCUT2D eigenvalue weighted by atomic mass is 10.2. The second-order valence-corrected chi connectivity index (χ2v) is 5.27. The Morgan fingerprint density at radius 3 is 3.05 bits per heavy atom. The topological polar surface area (TPSA) is 82.2 Å². The summed E-state index contributed by atoms with van der Waals surface area (Å²) in [4.78, 5) is 16.1. The minimum Gasteiger partial charge on any atom is -0.485 e. The normalized spacial score (nSPS) is 21.4. The van der Waals surface area contributed by atoms with Crippen LogP contribution in [0.2, 0.25) is 0 Å². The molecule has 7 heteroatoms. The van der Waals surface area contributed by atoms with Crippen LogP contribution in [0, 0.1) is 6.92 Å². The number of nitrogens with one attached hydrogen (secondary N) is 1. The van der Waals surface area contributed by atoms with Gasteiger partial charge in [0, 0.05) is 7.05 Å². The number of hydrogen-bond donors (Lipinski definition) is 1. The molecule has 1 fully saturated rings. The number of carbonyl (C=O) groups excluding carboxylic acids is 1. The third-order valence-electron chi connectivity index (χ3n) is 3.70. The molecule has 0 aromatic carbocycles. The van der Waals surface area contributed by atoms with Gasteiger partial charge in [-0.2, -0.15) is 5.10 Å². The summed E-state index contributed by atoms with van der Waals surface area (Å²) in [5, 5.41) is 7.06. The zero-order valence-electron chi connectivity index (χ0n) is 12.1. The number of ether oxygens (including phenoxy) is 1. The highest BCUT2D eigenvalue weighted by Crippen LogP contribution is 2.24. The molecule has 112 valence electrons. The summed E-state index contributed by atoms with van der Waals surface area (Å²) in [7, 11) is 1.84. The van der Waals surface area contributed by atoms with E-state index >= 15 is 0 Å². The monoisotopic (exact) mass is 290 g/mol. The molecule has 0 bridgehead atoms. The Labute approximate surface area is 122 Å². The maximum absolute atomic E-state index is 12.2. The lowest BCUT2D eigenvalue weighted by Gasteiger charge is -2.21. The molecule has 7 nitrogen and oxygen atoms in total. The maximum atomic E-state index is 12.2. The first-order valence-corrected chi connectivity index (χ1v) is 7.00.